The number of aromatic nitrogens is 1. The summed E-state index contributed by atoms with van der Waals surface area (Å²) in [4.78, 5) is 18.0. The first-order chi connectivity index (χ1) is 12.1. The number of amides is 1. The normalized spacial score (nSPS) is 20.4. The fourth-order valence-corrected chi connectivity index (χ4v) is 3.45. The van der Waals surface area contributed by atoms with Crippen molar-refractivity contribution >= 4 is 17.7 Å². The lowest BCUT2D eigenvalue weighted by Gasteiger charge is -2.38. The van der Waals surface area contributed by atoms with Crippen molar-refractivity contribution in [3.05, 3.63) is 53.7 Å². The average Bonchev–Trinajstić information content (AvgIpc) is 2.64. The summed E-state index contributed by atoms with van der Waals surface area (Å²) in [6.07, 6.45) is 4.82. The summed E-state index contributed by atoms with van der Waals surface area (Å²) in [5, 5.41) is 12.8. The smallest absolute Gasteiger partial charge is 0.251 e. The van der Waals surface area contributed by atoms with Crippen LogP contribution in [0.3, 0.4) is 0 Å². The first-order valence-electron chi connectivity index (χ1n) is 8.23. The van der Waals surface area contributed by atoms with Crippen molar-refractivity contribution in [2.75, 3.05) is 13.4 Å². The summed E-state index contributed by atoms with van der Waals surface area (Å²) in [5.74, 6) is 0.629. The summed E-state index contributed by atoms with van der Waals surface area (Å²) in [7, 11) is 1.57. The molecule has 2 aromatic rings. The van der Waals surface area contributed by atoms with E-state index in [1.165, 1.54) is 0 Å². The number of aliphatic hydroxyl groups is 1. The van der Waals surface area contributed by atoms with Gasteiger partial charge in [0, 0.05) is 22.7 Å². The Balaban J connectivity index is 1.77. The van der Waals surface area contributed by atoms with Gasteiger partial charge in [0.2, 0.25) is 5.88 Å². The molecule has 0 saturated heterocycles. The van der Waals surface area contributed by atoms with Crippen LogP contribution in [0.15, 0.2) is 47.5 Å². The molecule has 0 radical (unpaired) electrons. The van der Waals surface area contributed by atoms with Crippen LogP contribution in [-0.2, 0) is 0 Å². The number of carbonyl (C=O) groups is 1. The predicted molar refractivity (Wildman–Crippen MR) is 98.0 cm³/mol. The molecule has 1 aliphatic rings. The second-order valence-electron chi connectivity index (χ2n) is 6.20. The second kappa shape index (κ2) is 7.89. The quantitative estimate of drug-likeness (QED) is 0.777. The zero-order chi connectivity index (χ0) is 17.8. The Kier molecular flexibility index (Phi) is 5.60. The van der Waals surface area contributed by atoms with E-state index < -0.39 is 0 Å². The Morgan fingerprint density at radius 1 is 1.28 bits per heavy atom. The lowest BCUT2D eigenvalue weighted by Crippen LogP contribution is -2.41. The first kappa shape index (κ1) is 17.8. The molecule has 1 fully saturated rings. The SMILES string of the molecule is COc1ccc(C(NC(=O)c2ccc(SC)cc2)C2CC(O)C2)cn1. The van der Waals surface area contributed by atoms with E-state index in [1.807, 2.05) is 36.6 Å². The maximum absolute atomic E-state index is 12.7. The molecule has 1 aromatic heterocycles. The number of ether oxygens (including phenoxy) is 1. The monoisotopic (exact) mass is 358 g/mol. The van der Waals surface area contributed by atoms with Crippen LogP contribution >= 0.6 is 11.8 Å². The van der Waals surface area contributed by atoms with Gasteiger partial charge in [0.1, 0.15) is 0 Å². The number of hydrogen-bond acceptors (Lipinski definition) is 5. The molecule has 1 atom stereocenters. The minimum atomic E-state index is -0.281. The maximum atomic E-state index is 12.7. The molecule has 25 heavy (non-hydrogen) atoms. The van der Waals surface area contributed by atoms with Gasteiger partial charge in [0.05, 0.1) is 19.3 Å². The second-order valence-corrected chi connectivity index (χ2v) is 7.08. The molecule has 0 spiro atoms. The number of aliphatic hydroxyl groups excluding tert-OH is 1. The Bertz CT molecular complexity index is 712. The fourth-order valence-electron chi connectivity index (χ4n) is 3.04. The summed E-state index contributed by atoms with van der Waals surface area (Å²) >= 11 is 1.64. The van der Waals surface area contributed by atoms with Gasteiger partial charge in [-0.1, -0.05) is 6.07 Å². The summed E-state index contributed by atoms with van der Waals surface area (Å²) in [5.41, 5.74) is 1.55. The zero-order valence-corrected chi connectivity index (χ0v) is 15.1. The molecule has 1 heterocycles. The van der Waals surface area contributed by atoms with E-state index in [9.17, 15) is 9.90 Å². The highest BCUT2D eigenvalue weighted by Gasteiger charge is 2.36. The molecular weight excluding hydrogens is 336 g/mol. The van der Waals surface area contributed by atoms with Gasteiger partial charge in [-0.15, -0.1) is 11.8 Å². The van der Waals surface area contributed by atoms with E-state index in [0.717, 1.165) is 10.5 Å². The van der Waals surface area contributed by atoms with Gasteiger partial charge in [0.25, 0.3) is 5.91 Å². The highest BCUT2D eigenvalue weighted by Crippen LogP contribution is 2.38. The van der Waals surface area contributed by atoms with Crippen LogP contribution in [0.5, 0.6) is 5.88 Å². The van der Waals surface area contributed by atoms with Crippen LogP contribution in [0.2, 0.25) is 0 Å². The van der Waals surface area contributed by atoms with Crippen molar-refractivity contribution in [3.63, 3.8) is 0 Å². The third-order valence-corrected chi connectivity index (χ3v) is 5.33. The molecule has 1 aliphatic carbocycles. The van der Waals surface area contributed by atoms with Crippen LogP contribution in [0.1, 0.15) is 34.8 Å². The summed E-state index contributed by atoms with van der Waals surface area (Å²) in [6.45, 7) is 0. The van der Waals surface area contributed by atoms with Gasteiger partial charge < -0.3 is 15.2 Å². The molecule has 1 aromatic carbocycles. The number of thioether (sulfide) groups is 1. The van der Waals surface area contributed by atoms with Crippen molar-refractivity contribution in [1.82, 2.24) is 10.3 Å². The minimum Gasteiger partial charge on any atom is -0.481 e. The molecule has 5 nitrogen and oxygen atoms in total. The Morgan fingerprint density at radius 3 is 2.52 bits per heavy atom. The van der Waals surface area contributed by atoms with Gasteiger partial charge in [-0.3, -0.25) is 4.79 Å². The molecule has 0 bridgehead atoms. The van der Waals surface area contributed by atoms with Crippen molar-refractivity contribution in [2.45, 2.75) is 29.9 Å². The number of nitrogens with zero attached hydrogens (tertiary/aromatic N) is 1. The van der Waals surface area contributed by atoms with Crippen LogP contribution in [0, 0.1) is 5.92 Å². The van der Waals surface area contributed by atoms with E-state index in [0.29, 0.717) is 24.3 Å². The van der Waals surface area contributed by atoms with Crippen molar-refractivity contribution in [1.29, 1.82) is 0 Å². The van der Waals surface area contributed by atoms with Crippen LogP contribution in [0.25, 0.3) is 0 Å². The predicted octanol–water partition coefficient (Wildman–Crippen LogP) is 3.05. The molecule has 132 valence electrons. The molecule has 6 heteroatoms. The topological polar surface area (TPSA) is 71.5 Å². The molecule has 0 aliphatic heterocycles. The molecule has 1 unspecified atom stereocenters. The van der Waals surface area contributed by atoms with E-state index >= 15 is 0 Å². The number of nitrogens with one attached hydrogen (secondary N) is 1. The van der Waals surface area contributed by atoms with Crippen molar-refractivity contribution in [2.24, 2.45) is 5.92 Å². The Morgan fingerprint density at radius 2 is 2.00 bits per heavy atom. The number of rotatable bonds is 6. The molecule has 2 N–H and O–H groups in total. The van der Waals surface area contributed by atoms with Gasteiger partial charge >= 0.3 is 0 Å². The molecule has 1 amide bonds. The third-order valence-electron chi connectivity index (χ3n) is 4.59. The fraction of sp³-hybridized carbons (Fsp3) is 0.368. The largest absolute Gasteiger partial charge is 0.481 e. The van der Waals surface area contributed by atoms with Crippen LogP contribution in [0.4, 0.5) is 0 Å². The lowest BCUT2D eigenvalue weighted by molar-refractivity contribution is 0.0234. The van der Waals surface area contributed by atoms with Gasteiger partial charge in [-0.2, -0.15) is 0 Å². The van der Waals surface area contributed by atoms with Gasteiger partial charge in [-0.05, 0) is 54.8 Å². The number of hydrogen-bond donors (Lipinski definition) is 2. The minimum absolute atomic E-state index is 0.116. The van der Waals surface area contributed by atoms with Gasteiger partial charge in [0.15, 0.2) is 0 Å². The molecule has 3 rings (SSSR count). The van der Waals surface area contributed by atoms with Crippen LogP contribution in [-0.4, -0.2) is 35.5 Å². The molecular formula is C19H22N2O3S. The Labute approximate surface area is 151 Å². The van der Waals surface area contributed by atoms with E-state index in [-0.39, 0.29) is 24.0 Å². The molecule has 1 saturated carbocycles. The highest BCUT2D eigenvalue weighted by atomic mass is 32.2. The first-order valence-corrected chi connectivity index (χ1v) is 9.46. The maximum Gasteiger partial charge on any atom is 0.251 e. The van der Waals surface area contributed by atoms with Crippen molar-refractivity contribution < 1.29 is 14.6 Å². The number of carbonyl (C=O) groups excluding carboxylic acids is 1. The lowest BCUT2D eigenvalue weighted by atomic mass is 9.75. The van der Waals surface area contributed by atoms with Crippen LogP contribution < -0.4 is 10.1 Å². The zero-order valence-electron chi connectivity index (χ0n) is 14.3. The van der Waals surface area contributed by atoms with E-state index in [2.05, 4.69) is 10.3 Å². The third kappa shape index (κ3) is 4.14. The van der Waals surface area contributed by atoms with E-state index in [1.54, 1.807) is 31.1 Å². The summed E-state index contributed by atoms with van der Waals surface area (Å²) in [6, 6.07) is 11.1. The van der Waals surface area contributed by atoms with Gasteiger partial charge in [-0.25, -0.2) is 4.98 Å². The highest BCUT2D eigenvalue weighted by molar-refractivity contribution is 7.98. The number of benzene rings is 1. The Hall–Kier alpha value is -2.05. The average molecular weight is 358 g/mol. The standard InChI is InChI=1S/C19H22N2O3S/c1-24-17-8-5-13(11-20-17)18(14-9-15(22)10-14)21-19(23)12-3-6-16(25-2)7-4-12/h3-8,11,14-15,18,22H,9-10H2,1-2H3,(H,21,23). The van der Waals surface area contributed by atoms with Crippen molar-refractivity contribution in [3.8, 4) is 5.88 Å². The number of pyridine rings is 1. The summed E-state index contributed by atoms with van der Waals surface area (Å²) < 4.78 is 5.10. The number of methoxy groups -OCH3 is 1. The van der Waals surface area contributed by atoms with E-state index in [4.69, 9.17) is 4.74 Å².